The van der Waals surface area contributed by atoms with Crippen LogP contribution >= 0.6 is 27.5 Å². The lowest BCUT2D eigenvalue weighted by Crippen LogP contribution is -2.28. The fourth-order valence-electron chi connectivity index (χ4n) is 3.27. The Balaban J connectivity index is 1.76. The van der Waals surface area contributed by atoms with Crippen LogP contribution in [0.3, 0.4) is 0 Å². The van der Waals surface area contributed by atoms with Crippen molar-refractivity contribution in [3.8, 4) is 0 Å². The Labute approximate surface area is 166 Å². The Morgan fingerprint density at radius 2 is 1.88 bits per heavy atom. The topological polar surface area (TPSA) is 49.4 Å². The molecule has 0 unspecified atom stereocenters. The molecule has 1 fully saturated rings. The second-order valence-corrected chi connectivity index (χ2v) is 7.90. The van der Waals surface area contributed by atoms with E-state index in [-0.39, 0.29) is 24.2 Å². The number of halogens is 2. The summed E-state index contributed by atoms with van der Waals surface area (Å²) in [7, 11) is 0. The van der Waals surface area contributed by atoms with Crippen LogP contribution in [0.5, 0.6) is 0 Å². The highest BCUT2D eigenvalue weighted by Gasteiger charge is 2.36. The Bertz CT molecular complexity index is 874. The van der Waals surface area contributed by atoms with Crippen LogP contribution < -0.4 is 10.2 Å². The maximum Gasteiger partial charge on any atom is 0.229 e. The summed E-state index contributed by atoms with van der Waals surface area (Å²) in [6, 6.07) is 9.32. The molecule has 2 amide bonds. The highest BCUT2D eigenvalue weighted by Crippen LogP contribution is 2.32. The first-order valence-corrected chi connectivity index (χ1v) is 9.58. The first kappa shape index (κ1) is 18.9. The first-order chi connectivity index (χ1) is 12.3. The molecule has 6 heteroatoms. The number of rotatable bonds is 3. The highest BCUT2D eigenvalue weighted by atomic mass is 79.9. The van der Waals surface area contributed by atoms with Crippen LogP contribution in [0.1, 0.15) is 23.1 Å². The summed E-state index contributed by atoms with van der Waals surface area (Å²) >= 11 is 9.69. The zero-order valence-electron chi connectivity index (χ0n) is 14.9. The van der Waals surface area contributed by atoms with E-state index in [0.717, 1.165) is 32.5 Å². The molecule has 0 spiro atoms. The van der Waals surface area contributed by atoms with Gasteiger partial charge in [0.2, 0.25) is 11.8 Å². The zero-order valence-corrected chi connectivity index (χ0v) is 17.2. The van der Waals surface area contributed by atoms with Gasteiger partial charge >= 0.3 is 0 Å². The quantitative estimate of drug-likeness (QED) is 0.736. The van der Waals surface area contributed by atoms with Gasteiger partial charge in [0.1, 0.15) is 0 Å². The minimum atomic E-state index is -0.384. The van der Waals surface area contributed by atoms with Gasteiger partial charge in [-0.2, -0.15) is 0 Å². The molecule has 2 aromatic carbocycles. The minimum absolute atomic E-state index is 0.0568. The molecule has 2 aromatic rings. The molecule has 1 aliphatic heterocycles. The van der Waals surface area contributed by atoms with Crippen molar-refractivity contribution >= 4 is 50.7 Å². The number of nitrogens with zero attached hydrogens (tertiary/aromatic N) is 1. The molecule has 3 rings (SSSR count). The van der Waals surface area contributed by atoms with E-state index in [2.05, 4.69) is 21.2 Å². The van der Waals surface area contributed by atoms with Crippen molar-refractivity contribution in [1.29, 1.82) is 0 Å². The van der Waals surface area contributed by atoms with Crippen LogP contribution in [-0.2, 0) is 9.59 Å². The third kappa shape index (κ3) is 3.64. The van der Waals surface area contributed by atoms with Crippen molar-refractivity contribution in [3.05, 3.63) is 56.5 Å². The summed E-state index contributed by atoms with van der Waals surface area (Å²) in [4.78, 5) is 26.8. The number of hydrogen-bond acceptors (Lipinski definition) is 2. The number of benzene rings is 2. The van der Waals surface area contributed by atoms with Crippen molar-refractivity contribution in [2.45, 2.75) is 27.2 Å². The Hall–Kier alpha value is -1.85. The van der Waals surface area contributed by atoms with E-state index in [1.54, 1.807) is 11.0 Å². The number of hydrogen-bond donors (Lipinski definition) is 1. The second kappa shape index (κ2) is 7.41. The van der Waals surface area contributed by atoms with E-state index in [1.165, 1.54) is 0 Å². The number of amides is 2. The summed E-state index contributed by atoms with van der Waals surface area (Å²) in [5, 5.41) is 3.56. The summed E-state index contributed by atoms with van der Waals surface area (Å²) in [6.45, 7) is 6.21. The van der Waals surface area contributed by atoms with Gasteiger partial charge < -0.3 is 10.2 Å². The van der Waals surface area contributed by atoms with E-state index >= 15 is 0 Å². The molecule has 0 aromatic heterocycles. The summed E-state index contributed by atoms with van der Waals surface area (Å²) in [5.74, 6) is -0.578. The molecule has 0 aliphatic carbocycles. The third-order valence-corrected chi connectivity index (χ3v) is 6.39. The summed E-state index contributed by atoms with van der Waals surface area (Å²) in [6.07, 6.45) is 0.201. The molecule has 0 radical (unpaired) electrons. The molecule has 1 aliphatic rings. The van der Waals surface area contributed by atoms with Gasteiger partial charge in [0.15, 0.2) is 0 Å². The normalized spacial score (nSPS) is 16.9. The lowest BCUT2D eigenvalue weighted by molar-refractivity contribution is -0.122. The summed E-state index contributed by atoms with van der Waals surface area (Å²) in [5.41, 5.74) is 4.48. The molecule has 0 saturated carbocycles. The lowest BCUT2D eigenvalue weighted by Gasteiger charge is -2.19. The van der Waals surface area contributed by atoms with Crippen LogP contribution in [0.25, 0.3) is 0 Å². The number of nitrogens with one attached hydrogen (secondary N) is 1. The average molecular weight is 436 g/mol. The monoisotopic (exact) mass is 434 g/mol. The minimum Gasteiger partial charge on any atom is -0.326 e. The smallest absolute Gasteiger partial charge is 0.229 e. The van der Waals surface area contributed by atoms with Gasteiger partial charge in [-0.1, -0.05) is 33.6 Å². The van der Waals surface area contributed by atoms with E-state index in [4.69, 9.17) is 11.6 Å². The largest absolute Gasteiger partial charge is 0.326 e. The van der Waals surface area contributed by atoms with Gasteiger partial charge in [0, 0.05) is 33.8 Å². The maximum absolute atomic E-state index is 12.7. The van der Waals surface area contributed by atoms with Crippen molar-refractivity contribution in [2.75, 3.05) is 16.8 Å². The average Bonchev–Trinajstić information content (AvgIpc) is 2.97. The predicted molar refractivity (Wildman–Crippen MR) is 109 cm³/mol. The van der Waals surface area contributed by atoms with Crippen molar-refractivity contribution in [1.82, 2.24) is 0 Å². The molecule has 26 heavy (non-hydrogen) atoms. The first-order valence-electron chi connectivity index (χ1n) is 8.41. The van der Waals surface area contributed by atoms with Crippen LogP contribution in [0.2, 0.25) is 5.02 Å². The van der Waals surface area contributed by atoms with Gasteiger partial charge in [-0.05, 0) is 61.7 Å². The maximum atomic E-state index is 12.7. The molecule has 4 nitrogen and oxygen atoms in total. The number of aryl methyl sites for hydroxylation is 2. The van der Waals surface area contributed by atoms with Gasteiger partial charge in [-0.25, -0.2) is 0 Å². The fraction of sp³-hybridized carbons (Fsp3) is 0.300. The summed E-state index contributed by atoms with van der Waals surface area (Å²) < 4.78 is 1.04. The van der Waals surface area contributed by atoms with Crippen molar-refractivity contribution in [2.24, 2.45) is 5.92 Å². The zero-order chi connectivity index (χ0) is 19.0. The molecule has 136 valence electrons. The Kier molecular flexibility index (Phi) is 5.39. The molecule has 0 bridgehead atoms. The SMILES string of the molecule is Cc1cc(NC(=O)[C@H]2CC(=O)N(c3cccc(Cl)c3C)C2)cc(C)c1Br. The second-order valence-electron chi connectivity index (χ2n) is 6.70. The number of anilines is 2. The number of carbonyl (C=O) groups is 2. The Morgan fingerprint density at radius 3 is 2.54 bits per heavy atom. The van der Waals surface area contributed by atoms with Crippen LogP contribution in [0.4, 0.5) is 11.4 Å². The molecular formula is C20H20BrClN2O2. The fourth-order valence-corrected chi connectivity index (χ4v) is 3.67. The van der Waals surface area contributed by atoms with Crippen molar-refractivity contribution in [3.63, 3.8) is 0 Å². The van der Waals surface area contributed by atoms with Crippen LogP contribution in [-0.4, -0.2) is 18.4 Å². The van der Waals surface area contributed by atoms with E-state index in [0.29, 0.717) is 11.6 Å². The highest BCUT2D eigenvalue weighted by molar-refractivity contribution is 9.10. The Morgan fingerprint density at radius 1 is 1.23 bits per heavy atom. The third-order valence-electron chi connectivity index (χ3n) is 4.73. The van der Waals surface area contributed by atoms with Crippen LogP contribution in [0.15, 0.2) is 34.8 Å². The van der Waals surface area contributed by atoms with Gasteiger partial charge in [-0.3, -0.25) is 9.59 Å². The molecule has 1 N–H and O–H groups in total. The van der Waals surface area contributed by atoms with E-state index in [9.17, 15) is 9.59 Å². The van der Waals surface area contributed by atoms with Gasteiger partial charge in [0.05, 0.1) is 5.92 Å². The van der Waals surface area contributed by atoms with Gasteiger partial charge in [0.25, 0.3) is 0 Å². The van der Waals surface area contributed by atoms with E-state index < -0.39 is 0 Å². The van der Waals surface area contributed by atoms with Crippen molar-refractivity contribution < 1.29 is 9.59 Å². The lowest BCUT2D eigenvalue weighted by atomic mass is 10.1. The molecular weight excluding hydrogens is 416 g/mol. The van der Waals surface area contributed by atoms with Gasteiger partial charge in [-0.15, -0.1) is 0 Å². The number of carbonyl (C=O) groups excluding carboxylic acids is 2. The van der Waals surface area contributed by atoms with E-state index in [1.807, 2.05) is 45.0 Å². The van der Waals surface area contributed by atoms with Crippen LogP contribution in [0, 0.1) is 26.7 Å². The standard InChI is InChI=1S/C20H20BrClN2O2/c1-11-7-15(8-12(2)19(11)21)23-20(26)14-9-18(25)24(10-14)17-6-4-5-16(22)13(17)3/h4-8,14H,9-10H2,1-3H3,(H,23,26)/t14-/m0/s1. The predicted octanol–water partition coefficient (Wildman–Crippen LogP) is 5.02. The molecule has 1 saturated heterocycles. The molecule has 1 atom stereocenters. The molecule has 1 heterocycles.